The van der Waals surface area contributed by atoms with E-state index in [2.05, 4.69) is 10.1 Å². The lowest BCUT2D eigenvalue weighted by molar-refractivity contribution is -0.138. The van der Waals surface area contributed by atoms with Crippen molar-refractivity contribution in [3.8, 4) is 22.5 Å². The second kappa shape index (κ2) is 6.61. The van der Waals surface area contributed by atoms with Gasteiger partial charge in [-0.05, 0) is 36.4 Å². The highest BCUT2D eigenvalue weighted by Gasteiger charge is 2.31. The summed E-state index contributed by atoms with van der Waals surface area (Å²) in [7, 11) is 0. The summed E-state index contributed by atoms with van der Waals surface area (Å²) in [6.07, 6.45) is -7.64. The number of halogens is 6. The molecule has 0 atom stereocenters. The fraction of sp³-hybridized carbons (Fsp3) is 0.100. The van der Waals surface area contributed by atoms with Gasteiger partial charge in [0.1, 0.15) is 0 Å². The molecule has 3 nitrogen and oxygen atoms in total. The molecule has 0 amide bonds. The lowest BCUT2D eigenvalue weighted by atomic mass is 10.1. The maximum Gasteiger partial charge on any atom is 0.416 e. The number of alkyl halides is 6. The summed E-state index contributed by atoms with van der Waals surface area (Å²) >= 11 is 0. The lowest BCUT2D eigenvalue weighted by Gasteiger charge is -2.10. The van der Waals surface area contributed by atoms with Gasteiger partial charge in [-0.3, -0.25) is 0 Å². The molecule has 0 aliphatic heterocycles. The molecule has 4 rings (SSSR count). The molecule has 0 bridgehead atoms. The molecule has 29 heavy (non-hydrogen) atoms. The Morgan fingerprint density at radius 2 is 1.28 bits per heavy atom. The maximum atomic E-state index is 13.0. The third-order valence-electron chi connectivity index (χ3n) is 4.33. The number of imidazole rings is 1. The van der Waals surface area contributed by atoms with Crippen molar-refractivity contribution < 1.29 is 26.3 Å². The van der Waals surface area contributed by atoms with Crippen LogP contribution in [0, 0.1) is 0 Å². The smallest absolute Gasteiger partial charge is 0.235 e. The fourth-order valence-electron chi connectivity index (χ4n) is 2.93. The molecule has 0 saturated heterocycles. The Bertz CT molecular complexity index is 1190. The maximum absolute atomic E-state index is 13.0. The van der Waals surface area contributed by atoms with Gasteiger partial charge in [0.15, 0.2) is 5.65 Å². The summed E-state index contributed by atoms with van der Waals surface area (Å²) in [6, 6.07) is 12.4. The monoisotopic (exact) mass is 407 g/mol. The van der Waals surface area contributed by atoms with E-state index in [9.17, 15) is 26.3 Å². The molecule has 0 fully saturated rings. The van der Waals surface area contributed by atoms with Crippen molar-refractivity contribution in [1.29, 1.82) is 0 Å². The second-order valence-corrected chi connectivity index (χ2v) is 6.29. The minimum Gasteiger partial charge on any atom is -0.235 e. The zero-order valence-corrected chi connectivity index (χ0v) is 14.5. The van der Waals surface area contributed by atoms with Gasteiger partial charge in [-0.15, -0.1) is 0 Å². The van der Waals surface area contributed by atoms with Gasteiger partial charge in [-0.1, -0.05) is 24.3 Å². The predicted octanol–water partition coefficient (Wildman–Crippen LogP) is 6.10. The number of hydrogen-bond donors (Lipinski definition) is 0. The van der Waals surface area contributed by atoms with Crippen molar-refractivity contribution in [2.24, 2.45) is 0 Å². The summed E-state index contributed by atoms with van der Waals surface area (Å²) < 4.78 is 79.3. The van der Waals surface area contributed by atoms with Gasteiger partial charge in [0.05, 0.1) is 28.7 Å². The van der Waals surface area contributed by atoms with Crippen molar-refractivity contribution in [2.45, 2.75) is 12.4 Å². The zero-order valence-electron chi connectivity index (χ0n) is 14.5. The van der Waals surface area contributed by atoms with E-state index in [4.69, 9.17) is 0 Å². The summed E-state index contributed by atoms with van der Waals surface area (Å²) in [5, 5.41) is 4.30. The van der Waals surface area contributed by atoms with Gasteiger partial charge in [0.2, 0.25) is 0 Å². The Morgan fingerprint density at radius 1 is 0.690 bits per heavy atom. The second-order valence-electron chi connectivity index (χ2n) is 6.29. The molecule has 0 N–H and O–H groups in total. The molecule has 2 aromatic carbocycles. The molecule has 2 aromatic heterocycles. The quantitative estimate of drug-likeness (QED) is 0.376. The topological polar surface area (TPSA) is 30.2 Å². The van der Waals surface area contributed by atoms with Crippen LogP contribution in [-0.4, -0.2) is 14.6 Å². The fourth-order valence-corrected chi connectivity index (χ4v) is 2.93. The van der Waals surface area contributed by atoms with E-state index in [1.807, 2.05) is 0 Å². The summed E-state index contributed by atoms with van der Waals surface area (Å²) in [5.41, 5.74) is -0.297. The van der Waals surface area contributed by atoms with Gasteiger partial charge in [0.25, 0.3) is 0 Å². The van der Waals surface area contributed by atoms with Gasteiger partial charge in [-0.2, -0.15) is 31.4 Å². The molecule has 4 aromatic rings. The SMILES string of the molecule is FC(F)(F)c1cccc(-c2ccc3ncc(-c4cccc(C(F)(F)F)c4)n3n2)c1. The van der Waals surface area contributed by atoms with E-state index in [0.29, 0.717) is 11.3 Å². The van der Waals surface area contributed by atoms with Crippen LogP contribution in [-0.2, 0) is 12.4 Å². The number of fused-ring (bicyclic) bond motifs is 1. The van der Waals surface area contributed by atoms with Crippen LogP contribution in [0.25, 0.3) is 28.2 Å². The summed E-state index contributed by atoms with van der Waals surface area (Å²) in [4.78, 5) is 4.12. The molecule has 0 spiro atoms. The van der Waals surface area contributed by atoms with E-state index in [1.165, 1.54) is 41.0 Å². The Labute approximate surface area is 160 Å². The van der Waals surface area contributed by atoms with Crippen LogP contribution in [0.4, 0.5) is 26.3 Å². The van der Waals surface area contributed by atoms with Crippen LogP contribution in [0.3, 0.4) is 0 Å². The van der Waals surface area contributed by atoms with Crippen LogP contribution in [0.1, 0.15) is 11.1 Å². The molecule has 9 heteroatoms. The molecule has 148 valence electrons. The number of benzene rings is 2. The van der Waals surface area contributed by atoms with Crippen molar-refractivity contribution in [3.05, 3.63) is 78.0 Å². The Kier molecular flexibility index (Phi) is 4.33. The van der Waals surface area contributed by atoms with E-state index < -0.39 is 23.5 Å². The molecular weight excluding hydrogens is 396 g/mol. The largest absolute Gasteiger partial charge is 0.416 e. The lowest BCUT2D eigenvalue weighted by Crippen LogP contribution is -2.05. The zero-order chi connectivity index (χ0) is 20.8. The molecule has 0 saturated carbocycles. The number of aromatic nitrogens is 3. The standard InChI is InChI=1S/C20H11F6N3/c21-19(22,23)14-5-1-3-12(9-14)16-7-8-18-27-11-17(29(18)28-16)13-4-2-6-15(10-13)20(24,25)26/h1-11H. The Morgan fingerprint density at radius 3 is 1.90 bits per heavy atom. The molecule has 2 heterocycles. The van der Waals surface area contributed by atoms with E-state index >= 15 is 0 Å². The summed E-state index contributed by atoms with van der Waals surface area (Å²) in [5.74, 6) is 0. The molecule has 0 radical (unpaired) electrons. The number of hydrogen-bond acceptors (Lipinski definition) is 2. The average molecular weight is 407 g/mol. The molecule has 0 aliphatic carbocycles. The molecule has 0 aliphatic rings. The first-order chi connectivity index (χ1) is 13.6. The summed E-state index contributed by atoms with van der Waals surface area (Å²) in [6.45, 7) is 0. The first-order valence-corrected chi connectivity index (χ1v) is 8.33. The first-order valence-electron chi connectivity index (χ1n) is 8.33. The van der Waals surface area contributed by atoms with Crippen molar-refractivity contribution in [1.82, 2.24) is 14.6 Å². The third-order valence-corrected chi connectivity index (χ3v) is 4.33. The number of nitrogens with zero attached hydrogens (tertiary/aromatic N) is 3. The average Bonchev–Trinajstić information content (AvgIpc) is 3.10. The minimum absolute atomic E-state index is 0.227. The first kappa shape index (κ1) is 19.0. The predicted molar refractivity (Wildman–Crippen MR) is 93.9 cm³/mol. The van der Waals surface area contributed by atoms with E-state index in [1.54, 1.807) is 6.07 Å². The van der Waals surface area contributed by atoms with E-state index in [-0.39, 0.29) is 16.8 Å². The highest BCUT2D eigenvalue weighted by Crippen LogP contribution is 2.33. The van der Waals surface area contributed by atoms with Gasteiger partial charge in [-0.25, -0.2) is 9.50 Å². The van der Waals surface area contributed by atoms with Crippen molar-refractivity contribution in [3.63, 3.8) is 0 Å². The molecule has 0 unspecified atom stereocenters. The Balaban J connectivity index is 1.83. The normalized spacial score (nSPS) is 12.5. The van der Waals surface area contributed by atoms with Crippen LogP contribution < -0.4 is 0 Å². The van der Waals surface area contributed by atoms with Gasteiger partial charge < -0.3 is 0 Å². The minimum atomic E-state index is -4.51. The highest BCUT2D eigenvalue weighted by atomic mass is 19.4. The van der Waals surface area contributed by atoms with Gasteiger partial charge >= 0.3 is 12.4 Å². The van der Waals surface area contributed by atoms with Crippen LogP contribution in [0.2, 0.25) is 0 Å². The van der Waals surface area contributed by atoms with Crippen molar-refractivity contribution in [2.75, 3.05) is 0 Å². The van der Waals surface area contributed by atoms with Crippen LogP contribution >= 0.6 is 0 Å². The third kappa shape index (κ3) is 3.67. The van der Waals surface area contributed by atoms with Crippen LogP contribution in [0.15, 0.2) is 66.9 Å². The number of rotatable bonds is 2. The highest BCUT2D eigenvalue weighted by molar-refractivity contribution is 5.66. The van der Waals surface area contributed by atoms with E-state index in [0.717, 1.165) is 24.3 Å². The van der Waals surface area contributed by atoms with Gasteiger partial charge in [0, 0.05) is 11.1 Å². The molecular formula is C20H11F6N3. The Hall–Kier alpha value is -3.36. The van der Waals surface area contributed by atoms with Crippen LogP contribution in [0.5, 0.6) is 0 Å². The van der Waals surface area contributed by atoms with Crippen molar-refractivity contribution >= 4 is 5.65 Å².